The Labute approximate surface area is 167 Å². The largest absolute Gasteiger partial charge is 0.338 e. The van der Waals surface area contributed by atoms with Crippen LogP contribution in [0, 0.1) is 12.7 Å². The molecule has 0 spiro atoms. The fourth-order valence-corrected chi connectivity index (χ4v) is 2.78. The quantitative estimate of drug-likeness (QED) is 0.598. The fourth-order valence-electron chi connectivity index (χ4n) is 2.78. The van der Waals surface area contributed by atoms with E-state index in [0.29, 0.717) is 35.7 Å². The summed E-state index contributed by atoms with van der Waals surface area (Å²) in [5.74, 6) is -0.620. The maximum absolute atomic E-state index is 13.1. The summed E-state index contributed by atoms with van der Waals surface area (Å²) in [6, 6.07) is 12.9. The molecule has 0 aliphatic heterocycles. The number of nitrogens with one attached hydrogen (secondary N) is 3. The Balaban J connectivity index is 1.64. The number of carbonyl (C=O) groups excluding carboxylic acids is 2. The minimum absolute atomic E-state index is 0.224. The number of urea groups is 1. The average Bonchev–Trinajstić information content (AvgIpc) is 3.10. The van der Waals surface area contributed by atoms with Gasteiger partial charge in [-0.3, -0.25) is 4.79 Å². The SMILES string of the molecule is CCNC(=O)NCc1ccc(NC(=O)c2cnn(-c3ccc(F)cc3)c2C)cc1. The van der Waals surface area contributed by atoms with E-state index in [4.69, 9.17) is 0 Å². The number of amides is 3. The van der Waals surface area contributed by atoms with Crippen molar-refractivity contribution >= 4 is 17.6 Å². The second kappa shape index (κ2) is 9.01. The van der Waals surface area contributed by atoms with E-state index in [1.165, 1.54) is 18.3 Å². The Hall–Kier alpha value is -3.68. The molecule has 0 saturated carbocycles. The lowest BCUT2D eigenvalue weighted by Gasteiger charge is -2.09. The van der Waals surface area contributed by atoms with Crippen molar-refractivity contribution in [3.05, 3.63) is 77.4 Å². The Bertz CT molecular complexity index is 997. The van der Waals surface area contributed by atoms with Gasteiger partial charge in [0.2, 0.25) is 0 Å². The highest BCUT2D eigenvalue weighted by atomic mass is 19.1. The van der Waals surface area contributed by atoms with Gasteiger partial charge in [-0.05, 0) is 55.8 Å². The van der Waals surface area contributed by atoms with Gasteiger partial charge in [0, 0.05) is 18.8 Å². The van der Waals surface area contributed by atoms with E-state index < -0.39 is 0 Å². The number of hydrogen-bond donors (Lipinski definition) is 3. The molecule has 0 aliphatic carbocycles. The first-order valence-electron chi connectivity index (χ1n) is 9.20. The normalized spacial score (nSPS) is 10.4. The maximum atomic E-state index is 13.1. The molecular formula is C21H22FN5O2. The molecule has 3 aromatic rings. The van der Waals surface area contributed by atoms with Crippen molar-refractivity contribution < 1.29 is 14.0 Å². The molecule has 3 N–H and O–H groups in total. The number of carbonyl (C=O) groups is 2. The van der Waals surface area contributed by atoms with Gasteiger partial charge in [-0.1, -0.05) is 12.1 Å². The Morgan fingerprint density at radius 2 is 1.72 bits per heavy atom. The third-order valence-corrected chi connectivity index (χ3v) is 4.33. The molecule has 7 nitrogen and oxygen atoms in total. The van der Waals surface area contributed by atoms with Crippen LogP contribution >= 0.6 is 0 Å². The summed E-state index contributed by atoms with van der Waals surface area (Å²) < 4.78 is 14.7. The zero-order valence-corrected chi connectivity index (χ0v) is 16.2. The number of benzene rings is 2. The van der Waals surface area contributed by atoms with Gasteiger partial charge in [0.25, 0.3) is 5.91 Å². The van der Waals surface area contributed by atoms with E-state index in [-0.39, 0.29) is 17.8 Å². The molecule has 0 atom stereocenters. The zero-order valence-electron chi connectivity index (χ0n) is 16.2. The van der Waals surface area contributed by atoms with E-state index in [9.17, 15) is 14.0 Å². The third kappa shape index (κ3) is 4.98. The van der Waals surface area contributed by atoms with E-state index in [2.05, 4.69) is 21.0 Å². The predicted molar refractivity (Wildman–Crippen MR) is 109 cm³/mol. The molecule has 150 valence electrons. The number of anilines is 1. The Kier molecular flexibility index (Phi) is 6.23. The predicted octanol–water partition coefficient (Wildman–Crippen LogP) is 3.39. The van der Waals surface area contributed by atoms with Crippen molar-refractivity contribution in [2.75, 3.05) is 11.9 Å². The Morgan fingerprint density at radius 1 is 1.03 bits per heavy atom. The number of halogens is 1. The molecule has 29 heavy (non-hydrogen) atoms. The third-order valence-electron chi connectivity index (χ3n) is 4.33. The van der Waals surface area contributed by atoms with Crippen LogP contribution in [0.1, 0.15) is 28.5 Å². The summed E-state index contributed by atoms with van der Waals surface area (Å²) >= 11 is 0. The van der Waals surface area contributed by atoms with Gasteiger partial charge in [0.15, 0.2) is 0 Å². The van der Waals surface area contributed by atoms with E-state index in [1.54, 1.807) is 35.9 Å². The first-order valence-corrected chi connectivity index (χ1v) is 9.20. The van der Waals surface area contributed by atoms with Gasteiger partial charge in [0.05, 0.1) is 23.1 Å². The average molecular weight is 395 g/mol. The standard InChI is InChI=1S/C21H22FN5O2/c1-3-23-21(29)24-12-15-4-8-17(9-5-15)26-20(28)19-13-25-27(14(19)2)18-10-6-16(22)7-11-18/h4-11,13H,3,12H2,1-2H3,(H,26,28)(H2,23,24,29). The van der Waals surface area contributed by atoms with Crippen LogP contribution in [0.3, 0.4) is 0 Å². The van der Waals surface area contributed by atoms with Crippen LogP contribution in [0.25, 0.3) is 5.69 Å². The summed E-state index contributed by atoms with van der Waals surface area (Å²) in [5.41, 5.74) is 3.29. The lowest BCUT2D eigenvalue weighted by molar-refractivity contribution is 0.102. The van der Waals surface area contributed by atoms with Crippen LogP contribution in [0.2, 0.25) is 0 Å². The van der Waals surface area contributed by atoms with Gasteiger partial charge in [-0.25, -0.2) is 13.9 Å². The first kappa shape index (κ1) is 20.1. The molecule has 1 heterocycles. The molecule has 3 rings (SSSR count). The second-order valence-electron chi connectivity index (χ2n) is 6.40. The summed E-state index contributed by atoms with van der Waals surface area (Å²) in [5, 5.41) is 12.5. The van der Waals surface area contributed by atoms with Crippen molar-refractivity contribution in [3.8, 4) is 5.69 Å². The molecule has 0 aliphatic rings. The van der Waals surface area contributed by atoms with E-state index in [1.807, 2.05) is 19.1 Å². The molecule has 2 aromatic carbocycles. The Morgan fingerprint density at radius 3 is 2.38 bits per heavy atom. The number of rotatable bonds is 6. The molecule has 1 aromatic heterocycles. The van der Waals surface area contributed by atoms with Crippen molar-refractivity contribution in [3.63, 3.8) is 0 Å². The minimum atomic E-state index is -0.332. The van der Waals surface area contributed by atoms with E-state index in [0.717, 1.165) is 5.56 Å². The molecule has 0 fully saturated rings. The first-order chi connectivity index (χ1) is 14.0. The lowest BCUT2D eigenvalue weighted by atomic mass is 10.2. The molecule has 0 saturated heterocycles. The van der Waals surface area contributed by atoms with Gasteiger partial charge < -0.3 is 16.0 Å². The summed E-state index contributed by atoms with van der Waals surface area (Å²) in [6.07, 6.45) is 1.48. The number of hydrogen-bond acceptors (Lipinski definition) is 3. The van der Waals surface area contributed by atoms with Crippen LogP contribution < -0.4 is 16.0 Å². The molecule has 3 amide bonds. The van der Waals surface area contributed by atoms with Crippen molar-refractivity contribution in [2.24, 2.45) is 0 Å². The van der Waals surface area contributed by atoms with Crippen LogP contribution in [-0.4, -0.2) is 28.3 Å². The van der Waals surface area contributed by atoms with Gasteiger partial charge in [-0.2, -0.15) is 5.10 Å². The topological polar surface area (TPSA) is 88.1 Å². The van der Waals surface area contributed by atoms with Crippen molar-refractivity contribution in [1.29, 1.82) is 0 Å². The highest BCUT2D eigenvalue weighted by Crippen LogP contribution is 2.17. The number of aromatic nitrogens is 2. The van der Waals surface area contributed by atoms with Gasteiger partial charge in [-0.15, -0.1) is 0 Å². The summed E-state index contributed by atoms with van der Waals surface area (Å²) in [7, 11) is 0. The van der Waals surface area contributed by atoms with Crippen LogP contribution in [0.15, 0.2) is 54.7 Å². The fraction of sp³-hybridized carbons (Fsp3) is 0.190. The highest BCUT2D eigenvalue weighted by Gasteiger charge is 2.15. The lowest BCUT2D eigenvalue weighted by Crippen LogP contribution is -2.34. The molecular weight excluding hydrogens is 373 g/mol. The molecule has 0 radical (unpaired) electrons. The zero-order chi connectivity index (χ0) is 20.8. The molecule has 0 unspecified atom stereocenters. The summed E-state index contributed by atoms with van der Waals surface area (Å²) in [6.45, 7) is 4.58. The molecule has 8 heteroatoms. The van der Waals surface area contributed by atoms with Gasteiger partial charge in [0.1, 0.15) is 5.82 Å². The van der Waals surface area contributed by atoms with Gasteiger partial charge >= 0.3 is 6.03 Å². The monoisotopic (exact) mass is 395 g/mol. The van der Waals surface area contributed by atoms with Crippen LogP contribution in [-0.2, 0) is 6.54 Å². The van der Waals surface area contributed by atoms with Crippen LogP contribution in [0.5, 0.6) is 0 Å². The number of nitrogens with zero attached hydrogens (tertiary/aromatic N) is 2. The highest BCUT2D eigenvalue weighted by molar-refractivity contribution is 6.05. The molecule has 0 bridgehead atoms. The van der Waals surface area contributed by atoms with E-state index >= 15 is 0 Å². The smallest absolute Gasteiger partial charge is 0.315 e. The minimum Gasteiger partial charge on any atom is -0.338 e. The van der Waals surface area contributed by atoms with Crippen molar-refractivity contribution in [1.82, 2.24) is 20.4 Å². The van der Waals surface area contributed by atoms with Crippen LogP contribution in [0.4, 0.5) is 14.9 Å². The maximum Gasteiger partial charge on any atom is 0.315 e. The summed E-state index contributed by atoms with van der Waals surface area (Å²) in [4.78, 5) is 24.0. The van der Waals surface area contributed by atoms with Crippen molar-refractivity contribution in [2.45, 2.75) is 20.4 Å². The second-order valence-corrected chi connectivity index (χ2v) is 6.40.